The normalized spacial score (nSPS) is 19.7. The Balaban J connectivity index is 1.32. The highest BCUT2D eigenvalue weighted by atomic mass is 35.5. The number of fused-ring (bicyclic) bond motifs is 1. The highest BCUT2D eigenvalue weighted by molar-refractivity contribution is 7.89. The fraction of sp³-hybridized carbons (Fsp3) is 0.370. The summed E-state index contributed by atoms with van der Waals surface area (Å²) in [6.07, 6.45) is 3.22. The zero-order valence-electron chi connectivity index (χ0n) is 21.7. The Labute approximate surface area is 232 Å². The molecule has 2 aromatic carbocycles. The van der Waals surface area contributed by atoms with Crippen molar-refractivity contribution in [3.8, 4) is 0 Å². The van der Waals surface area contributed by atoms with Crippen molar-refractivity contribution in [1.29, 1.82) is 0 Å². The number of rotatable bonds is 6. The molecule has 3 heterocycles. The highest BCUT2D eigenvalue weighted by Crippen LogP contribution is 2.29. The smallest absolute Gasteiger partial charge is 0.329 e. The van der Waals surface area contributed by atoms with Gasteiger partial charge in [0.05, 0.1) is 11.4 Å². The van der Waals surface area contributed by atoms with Crippen molar-refractivity contribution >= 4 is 50.0 Å². The summed E-state index contributed by atoms with van der Waals surface area (Å²) in [5.74, 6) is -1.83. The van der Waals surface area contributed by atoms with Crippen molar-refractivity contribution in [1.82, 2.24) is 19.3 Å². The van der Waals surface area contributed by atoms with E-state index in [1.165, 1.54) is 17.1 Å². The first-order valence-electron chi connectivity index (χ1n) is 12.7. The van der Waals surface area contributed by atoms with E-state index in [4.69, 9.17) is 11.6 Å². The monoisotopic (exact) mass is 571 g/mol. The van der Waals surface area contributed by atoms with Gasteiger partial charge in [0.1, 0.15) is 0 Å². The van der Waals surface area contributed by atoms with Crippen molar-refractivity contribution in [2.75, 3.05) is 38.1 Å². The third-order valence-corrected chi connectivity index (χ3v) is 9.56. The quantitative estimate of drug-likeness (QED) is 0.480. The molecule has 2 fully saturated rings. The van der Waals surface area contributed by atoms with E-state index in [9.17, 15) is 23.1 Å². The van der Waals surface area contributed by atoms with Gasteiger partial charge in [-0.3, -0.25) is 14.8 Å². The molecule has 1 amide bonds. The van der Waals surface area contributed by atoms with Crippen molar-refractivity contribution in [3.63, 3.8) is 0 Å². The maximum absolute atomic E-state index is 13.5. The average Bonchev–Trinajstić information content (AvgIpc) is 2.92. The summed E-state index contributed by atoms with van der Waals surface area (Å²) in [6.45, 7) is 2.64. The largest absolute Gasteiger partial charge is 0.480 e. The summed E-state index contributed by atoms with van der Waals surface area (Å²) >= 11 is 6.04. The lowest BCUT2D eigenvalue weighted by atomic mass is 10.0. The van der Waals surface area contributed by atoms with Gasteiger partial charge in [-0.1, -0.05) is 23.7 Å². The Morgan fingerprint density at radius 2 is 1.77 bits per heavy atom. The molecule has 206 valence electrons. The van der Waals surface area contributed by atoms with Gasteiger partial charge >= 0.3 is 5.97 Å². The molecule has 1 N–H and O–H groups in total. The Morgan fingerprint density at radius 1 is 1.08 bits per heavy atom. The number of hydrazine groups is 1. The number of amides is 1. The molecule has 1 atom stereocenters. The van der Waals surface area contributed by atoms with E-state index in [1.807, 2.05) is 19.1 Å². The van der Waals surface area contributed by atoms with Gasteiger partial charge in [0, 0.05) is 55.3 Å². The van der Waals surface area contributed by atoms with Crippen LogP contribution in [0.1, 0.15) is 18.5 Å². The Hall–Kier alpha value is -3.25. The summed E-state index contributed by atoms with van der Waals surface area (Å²) < 4.78 is 28.0. The van der Waals surface area contributed by atoms with Crippen LogP contribution in [0, 0.1) is 6.92 Å². The number of aliphatic carboxylic acids is 1. The lowest BCUT2D eigenvalue weighted by Crippen LogP contribution is -2.66. The minimum atomic E-state index is -4.12. The SMILES string of the molecule is Cc1cc(N2CCC(N(C)N3C(=O)CN(S(=O)(=O)c4ccc5cc(Cl)ccc5c4)CC3C(=O)O)CC2)ccn1. The average molecular weight is 572 g/mol. The van der Waals surface area contributed by atoms with Crippen molar-refractivity contribution in [2.24, 2.45) is 0 Å². The van der Waals surface area contributed by atoms with Crippen molar-refractivity contribution < 1.29 is 23.1 Å². The zero-order valence-corrected chi connectivity index (χ0v) is 23.3. The van der Waals surface area contributed by atoms with Crippen molar-refractivity contribution in [3.05, 3.63) is 65.4 Å². The van der Waals surface area contributed by atoms with Crippen LogP contribution in [-0.4, -0.2) is 90.0 Å². The molecular formula is C27H30ClN5O5S. The van der Waals surface area contributed by atoms with Crippen LogP contribution in [0.5, 0.6) is 0 Å². The van der Waals surface area contributed by atoms with E-state index in [-0.39, 0.29) is 17.5 Å². The van der Waals surface area contributed by atoms with Gasteiger partial charge in [-0.15, -0.1) is 0 Å². The van der Waals surface area contributed by atoms with Crippen LogP contribution in [0.15, 0.2) is 59.6 Å². The third-order valence-electron chi connectivity index (χ3n) is 7.51. The molecule has 2 aliphatic rings. The number of pyridine rings is 1. The van der Waals surface area contributed by atoms with E-state index < -0.39 is 34.5 Å². The van der Waals surface area contributed by atoms with Crippen LogP contribution in [0.4, 0.5) is 5.69 Å². The summed E-state index contributed by atoms with van der Waals surface area (Å²) in [6, 6.07) is 12.3. The van der Waals surface area contributed by atoms with Gasteiger partial charge in [-0.2, -0.15) is 4.31 Å². The minimum Gasteiger partial charge on any atom is -0.480 e. The summed E-state index contributed by atoms with van der Waals surface area (Å²) in [7, 11) is -2.41. The van der Waals surface area contributed by atoms with Crippen LogP contribution in [0.2, 0.25) is 5.02 Å². The molecule has 3 aromatic rings. The number of aryl methyl sites for hydroxylation is 1. The second kappa shape index (κ2) is 10.7. The van der Waals surface area contributed by atoms with E-state index in [0.29, 0.717) is 10.4 Å². The molecule has 12 heteroatoms. The first-order valence-corrected chi connectivity index (χ1v) is 14.5. The van der Waals surface area contributed by atoms with Gasteiger partial charge in [-0.25, -0.2) is 18.2 Å². The maximum Gasteiger partial charge on any atom is 0.329 e. The number of carbonyl (C=O) groups is 2. The standard InChI is InChI=1S/C27H30ClN5O5S/c1-18-13-23(7-10-29-18)31-11-8-22(9-12-31)30(2)33-25(27(35)36)16-32(17-26(33)34)39(37,38)24-6-4-19-14-21(28)5-3-20(19)15-24/h3-7,10,13-15,22,25H,8-9,11-12,16-17H2,1-2H3,(H,35,36). The molecule has 0 spiro atoms. The summed E-state index contributed by atoms with van der Waals surface area (Å²) in [5.41, 5.74) is 2.02. The highest BCUT2D eigenvalue weighted by Gasteiger charge is 2.45. The topological polar surface area (TPSA) is 114 Å². The third kappa shape index (κ3) is 5.44. The summed E-state index contributed by atoms with van der Waals surface area (Å²) in [5, 5.41) is 15.0. The number of carboxylic acids is 1. The van der Waals surface area contributed by atoms with Crippen molar-refractivity contribution in [2.45, 2.75) is 36.7 Å². The number of sulfonamides is 1. The molecule has 1 unspecified atom stereocenters. The van der Waals surface area contributed by atoms with Crippen LogP contribution >= 0.6 is 11.6 Å². The molecule has 10 nitrogen and oxygen atoms in total. The molecule has 0 bridgehead atoms. The van der Waals surface area contributed by atoms with Crippen LogP contribution in [0.25, 0.3) is 10.8 Å². The fourth-order valence-corrected chi connectivity index (χ4v) is 7.01. The molecule has 0 radical (unpaired) electrons. The number of carbonyl (C=O) groups excluding carboxylic acids is 1. The molecular weight excluding hydrogens is 542 g/mol. The fourth-order valence-electron chi connectivity index (χ4n) is 5.40. The van der Waals surface area contributed by atoms with E-state index >= 15 is 0 Å². The van der Waals surface area contributed by atoms with Gasteiger partial charge in [0.15, 0.2) is 6.04 Å². The number of carboxylic acid groups (broad SMARTS) is 1. The second-order valence-corrected chi connectivity index (χ2v) is 12.4. The van der Waals surface area contributed by atoms with E-state index in [2.05, 4.69) is 9.88 Å². The molecule has 1 aromatic heterocycles. The molecule has 2 saturated heterocycles. The zero-order chi connectivity index (χ0) is 27.9. The molecule has 39 heavy (non-hydrogen) atoms. The van der Waals surface area contributed by atoms with Gasteiger partial charge in [0.2, 0.25) is 10.0 Å². The lowest BCUT2D eigenvalue weighted by molar-refractivity contribution is -0.177. The number of piperidine rings is 1. The maximum atomic E-state index is 13.5. The van der Waals surface area contributed by atoms with E-state index in [1.54, 1.807) is 42.5 Å². The number of hydrogen-bond acceptors (Lipinski definition) is 7. The predicted molar refractivity (Wildman–Crippen MR) is 148 cm³/mol. The minimum absolute atomic E-state index is 0.00483. The number of halogens is 1. The molecule has 2 aliphatic heterocycles. The first kappa shape index (κ1) is 27.3. The number of aromatic nitrogens is 1. The number of anilines is 1. The van der Waals surface area contributed by atoms with Gasteiger partial charge in [0.25, 0.3) is 5.91 Å². The van der Waals surface area contributed by atoms with Crippen LogP contribution in [-0.2, 0) is 19.6 Å². The molecule has 0 saturated carbocycles. The number of piperazine rings is 1. The number of nitrogens with zero attached hydrogens (tertiary/aromatic N) is 5. The van der Waals surface area contributed by atoms with E-state index in [0.717, 1.165) is 47.0 Å². The molecule has 5 rings (SSSR count). The molecule has 0 aliphatic carbocycles. The first-order chi connectivity index (χ1) is 18.5. The van der Waals surface area contributed by atoms with Crippen LogP contribution < -0.4 is 4.90 Å². The Kier molecular flexibility index (Phi) is 7.51. The number of benzene rings is 2. The Morgan fingerprint density at radius 3 is 2.46 bits per heavy atom. The predicted octanol–water partition coefficient (Wildman–Crippen LogP) is 3.00. The lowest BCUT2D eigenvalue weighted by Gasteiger charge is -2.47. The summed E-state index contributed by atoms with van der Waals surface area (Å²) in [4.78, 5) is 32.1. The van der Waals surface area contributed by atoms with Crippen LogP contribution in [0.3, 0.4) is 0 Å². The second-order valence-electron chi connectivity index (χ2n) is 9.99. The van der Waals surface area contributed by atoms with Gasteiger partial charge < -0.3 is 10.0 Å². The Bertz CT molecular complexity index is 1530. The number of hydrogen-bond donors (Lipinski definition) is 1. The van der Waals surface area contributed by atoms with Gasteiger partial charge in [-0.05, 0) is 66.9 Å².